The maximum absolute atomic E-state index is 12.1. The summed E-state index contributed by atoms with van der Waals surface area (Å²) in [6.07, 6.45) is -0.325. The Bertz CT molecular complexity index is 584. The van der Waals surface area contributed by atoms with Gasteiger partial charge in [0.2, 0.25) is 10.0 Å². The second-order valence-electron chi connectivity index (χ2n) is 3.99. The zero-order valence-electron chi connectivity index (χ0n) is 10.6. The lowest BCUT2D eigenvalue weighted by molar-refractivity contribution is -0.137. The van der Waals surface area contributed by atoms with Gasteiger partial charge in [-0.05, 0) is 42.4 Å². The fourth-order valence-corrected chi connectivity index (χ4v) is 3.03. The van der Waals surface area contributed by atoms with Gasteiger partial charge in [0.1, 0.15) is 0 Å². The first-order chi connectivity index (χ1) is 9.57. The molecule has 0 aliphatic carbocycles. The Kier molecular flexibility index (Phi) is 5.90. The fourth-order valence-electron chi connectivity index (χ4n) is 1.37. The minimum Gasteiger partial charge on any atom is -0.481 e. The molecule has 21 heavy (non-hydrogen) atoms. The van der Waals surface area contributed by atoms with E-state index >= 15 is 0 Å². The number of carboxylic acid groups (broad SMARTS) is 1. The Morgan fingerprint density at radius 1 is 1.24 bits per heavy atom. The monoisotopic (exact) mass is 343 g/mol. The number of carbonyl (C=O) groups is 1. The molecule has 0 aliphatic rings. The molecule has 0 aromatic heterocycles. The number of hydrogen-bond donors (Lipinski definition) is 2. The van der Waals surface area contributed by atoms with Crippen LogP contribution in [-0.4, -0.2) is 30.8 Å². The van der Waals surface area contributed by atoms with Crippen LogP contribution < -0.4 is 4.72 Å². The van der Waals surface area contributed by atoms with Crippen LogP contribution in [0.4, 0.5) is 18.9 Å². The summed E-state index contributed by atoms with van der Waals surface area (Å²) in [5.74, 6) is -1.48. The van der Waals surface area contributed by atoms with Crippen molar-refractivity contribution >= 4 is 33.4 Å². The fraction of sp³-hybridized carbons (Fsp3) is 0.364. The molecular formula is C11H12F3NO4S2. The number of thioether (sulfide) groups is 1. The molecule has 2 N–H and O–H groups in total. The summed E-state index contributed by atoms with van der Waals surface area (Å²) in [7, 11) is -3.72. The number of hydrogen-bond acceptors (Lipinski definition) is 4. The van der Waals surface area contributed by atoms with Crippen LogP contribution in [0.1, 0.15) is 12.8 Å². The first-order valence-electron chi connectivity index (χ1n) is 5.65. The van der Waals surface area contributed by atoms with Gasteiger partial charge in [-0.1, -0.05) is 0 Å². The lowest BCUT2D eigenvalue weighted by Crippen LogP contribution is -2.17. The Hall–Kier alpha value is -1.42. The number of rotatable bonds is 7. The minimum absolute atomic E-state index is 0.0489. The van der Waals surface area contributed by atoms with E-state index in [0.717, 1.165) is 12.1 Å². The van der Waals surface area contributed by atoms with E-state index in [4.69, 9.17) is 5.11 Å². The van der Waals surface area contributed by atoms with Gasteiger partial charge in [0, 0.05) is 17.0 Å². The molecule has 0 atom stereocenters. The van der Waals surface area contributed by atoms with Gasteiger partial charge in [-0.2, -0.15) is 13.2 Å². The van der Waals surface area contributed by atoms with Gasteiger partial charge in [-0.3, -0.25) is 9.52 Å². The van der Waals surface area contributed by atoms with Crippen LogP contribution >= 0.6 is 11.8 Å². The van der Waals surface area contributed by atoms with Crippen LogP contribution in [0, 0.1) is 0 Å². The zero-order chi connectivity index (χ0) is 16.1. The molecule has 0 saturated heterocycles. The molecule has 0 fully saturated rings. The molecule has 5 nitrogen and oxygen atoms in total. The smallest absolute Gasteiger partial charge is 0.446 e. The second kappa shape index (κ2) is 7.03. The average molecular weight is 343 g/mol. The molecule has 10 heteroatoms. The number of carboxylic acids is 1. The molecule has 0 aliphatic heterocycles. The van der Waals surface area contributed by atoms with Gasteiger partial charge in [-0.15, -0.1) is 0 Å². The van der Waals surface area contributed by atoms with E-state index in [1.165, 1.54) is 12.1 Å². The summed E-state index contributed by atoms with van der Waals surface area (Å²) in [5, 5.41) is 8.41. The van der Waals surface area contributed by atoms with Gasteiger partial charge in [0.05, 0.1) is 5.75 Å². The van der Waals surface area contributed by atoms with Crippen LogP contribution in [-0.2, 0) is 14.8 Å². The number of aliphatic carboxylic acids is 1. The Balaban J connectivity index is 2.60. The molecule has 0 spiro atoms. The van der Waals surface area contributed by atoms with Gasteiger partial charge in [0.15, 0.2) is 0 Å². The number of alkyl halides is 3. The predicted octanol–water partition coefficient (Wildman–Crippen LogP) is 2.91. The van der Waals surface area contributed by atoms with E-state index in [-0.39, 0.29) is 40.9 Å². The molecule has 0 saturated carbocycles. The molecule has 0 radical (unpaired) electrons. The van der Waals surface area contributed by atoms with Crippen molar-refractivity contribution in [3.05, 3.63) is 24.3 Å². The van der Waals surface area contributed by atoms with Crippen molar-refractivity contribution in [1.82, 2.24) is 0 Å². The van der Waals surface area contributed by atoms with E-state index in [1.54, 1.807) is 0 Å². The summed E-state index contributed by atoms with van der Waals surface area (Å²) in [6, 6.07) is 4.71. The predicted molar refractivity (Wildman–Crippen MR) is 72.6 cm³/mol. The summed E-state index contributed by atoms with van der Waals surface area (Å²) in [5.41, 5.74) is -4.28. The topological polar surface area (TPSA) is 83.5 Å². The van der Waals surface area contributed by atoms with E-state index in [1.807, 2.05) is 0 Å². The number of benzene rings is 1. The summed E-state index contributed by atoms with van der Waals surface area (Å²) < 4.78 is 61.7. The van der Waals surface area contributed by atoms with Crippen LogP contribution in [0.3, 0.4) is 0 Å². The maximum Gasteiger partial charge on any atom is 0.446 e. The van der Waals surface area contributed by atoms with Crippen molar-refractivity contribution in [2.75, 3.05) is 10.5 Å². The number of nitrogens with one attached hydrogen (secondary N) is 1. The highest BCUT2D eigenvalue weighted by Crippen LogP contribution is 2.37. The molecule has 0 heterocycles. The molecule has 1 aromatic rings. The summed E-state index contributed by atoms with van der Waals surface area (Å²) in [6.45, 7) is 0. The average Bonchev–Trinajstić information content (AvgIpc) is 2.28. The molecule has 1 aromatic carbocycles. The standard InChI is InChI=1S/C11H12F3NO4S2/c12-11(13,14)20-9-5-3-8(4-6-9)15-21(18,19)7-1-2-10(16)17/h3-6,15H,1-2,7H2,(H,16,17). The van der Waals surface area contributed by atoms with Crippen molar-refractivity contribution in [2.45, 2.75) is 23.2 Å². The summed E-state index contributed by atoms with van der Waals surface area (Å²) in [4.78, 5) is 10.2. The Morgan fingerprint density at radius 3 is 2.29 bits per heavy atom. The highest BCUT2D eigenvalue weighted by atomic mass is 32.2. The van der Waals surface area contributed by atoms with Crippen LogP contribution in [0.25, 0.3) is 0 Å². The van der Waals surface area contributed by atoms with Crippen molar-refractivity contribution in [1.29, 1.82) is 0 Å². The maximum atomic E-state index is 12.1. The third-order valence-electron chi connectivity index (χ3n) is 2.16. The van der Waals surface area contributed by atoms with E-state index < -0.39 is 21.5 Å². The lowest BCUT2D eigenvalue weighted by atomic mass is 10.3. The second-order valence-corrected chi connectivity index (χ2v) is 6.97. The van der Waals surface area contributed by atoms with Gasteiger partial charge in [0.25, 0.3) is 0 Å². The third kappa shape index (κ3) is 7.81. The third-order valence-corrected chi connectivity index (χ3v) is 4.28. The number of anilines is 1. The minimum atomic E-state index is -4.40. The Morgan fingerprint density at radius 2 is 1.81 bits per heavy atom. The van der Waals surface area contributed by atoms with Gasteiger partial charge < -0.3 is 5.11 Å². The molecule has 1 rings (SSSR count). The lowest BCUT2D eigenvalue weighted by Gasteiger charge is -2.09. The molecule has 118 valence electrons. The Labute approximate surface area is 123 Å². The van der Waals surface area contributed by atoms with Crippen molar-refractivity contribution in [3.63, 3.8) is 0 Å². The van der Waals surface area contributed by atoms with Crippen molar-refractivity contribution < 1.29 is 31.5 Å². The zero-order valence-corrected chi connectivity index (χ0v) is 12.2. The molecule has 0 bridgehead atoms. The SMILES string of the molecule is O=C(O)CCCS(=O)(=O)Nc1ccc(SC(F)(F)F)cc1. The van der Waals surface area contributed by atoms with E-state index in [2.05, 4.69) is 4.72 Å². The van der Waals surface area contributed by atoms with Crippen LogP contribution in [0.2, 0.25) is 0 Å². The van der Waals surface area contributed by atoms with E-state index in [9.17, 15) is 26.4 Å². The first kappa shape index (κ1) is 17.6. The van der Waals surface area contributed by atoms with Crippen LogP contribution in [0.5, 0.6) is 0 Å². The quantitative estimate of drug-likeness (QED) is 0.744. The first-order valence-corrected chi connectivity index (χ1v) is 8.12. The molecular weight excluding hydrogens is 331 g/mol. The largest absolute Gasteiger partial charge is 0.481 e. The van der Waals surface area contributed by atoms with Crippen molar-refractivity contribution in [3.8, 4) is 0 Å². The summed E-state index contributed by atoms with van der Waals surface area (Å²) >= 11 is -0.298. The van der Waals surface area contributed by atoms with Crippen LogP contribution in [0.15, 0.2) is 29.2 Å². The highest BCUT2D eigenvalue weighted by molar-refractivity contribution is 8.00. The van der Waals surface area contributed by atoms with Gasteiger partial charge in [-0.25, -0.2) is 8.42 Å². The number of halogens is 3. The molecule has 0 amide bonds. The normalized spacial score (nSPS) is 12.1. The highest BCUT2D eigenvalue weighted by Gasteiger charge is 2.29. The molecule has 0 unspecified atom stereocenters. The van der Waals surface area contributed by atoms with E-state index in [0.29, 0.717) is 0 Å². The van der Waals surface area contributed by atoms with Gasteiger partial charge >= 0.3 is 11.5 Å². The van der Waals surface area contributed by atoms with Crippen molar-refractivity contribution in [2.24, 2.45) is 0 Å². The number of sulfonamides is 1.